The van der Waals surface area contributed by atoms with Crippen molar-refractivity contribution >= 4 is 16.9 Å². The van der Waals surface area contributed by atoms with E-state index in [0.29, 0.717) is 12.5 Å². The highest BCUT2D eigenvalue weighted by Gasteiger charge is 2.10. The molecule has 0 atom stereocenters. The van der Waals surface area contributed by atoms with E-state index in [1.54, 1.807) is 6.07 Å². The van der Waals surface area contributed by atoms with E-state index in [-0.39, 0.29) is 5.69 Å². The minimum Gasteiger partial charge on any atom is -0.493 e. The molecule has 4 nitrogen and oxygen atoms in total. The standard InChI is InChI=1S/C15H19NO3/c1-10(2)5-4-8-19-14-7-3-6-12-11(14)9-13(16-12)15(17)18/h3,6-7,9-10,16H,4-5,8H2,1-2H3,(H,17,18). The summed E-state index contributed by atoms with van der Waals surface area (Å²) < 4.78 is 5.75. The molecule has 0 amide bonds. The van der Waals surface area contributed by atoms with Gasteiger partial charge in [-0.25, -0.2) is 4.79 Å². The van der Waals surface area contributed by atoms with Crippen molar-refractivity contribution in [2.24, 2.45) is 5.92 Å². The van der Waals surface area contributed by atoms with Gasteiger partial charge in [-0.2, -0.15) is 0 Å². The Kier molecular flexibility index (Phi) is 4.10. The molecule has 0 unspecified atom stereocenters. The van der Waals surface area contributed by atoms with E-state index in [2.05, 4.69) is 18.8 Å². The summed E-state index contributed by atoms with van der Waals surface area (Å²) in [4.78, 5) is 13.8. The number of ether oxygens (including phenoxy) is 1. The van der Waals surface area contributed by atoms with Crippen LogP contribution in [0.3, 0.4) is 0 Å². The molecule has 0 aliphatic rings. The third kappa shape index (κ3) is 3.28. The molecule has 1 aromatic heterocycles. The van der Waals surface area contributed by atoms with E-state index in [1.165, 1.54) is 0 Å². The first-order valence-corrected chi connectivity index (χ1v) is 6.55. The molecular formula is C15H19NO3. The Hall–Kier alpha value is -1.97. The quantitative estimate of drug-likeness (QED) is 0.780. The molecule has 0 spiro atoms. The molecule has 2 N–H and O–H groups in total. The molecule has 0 aliphatic heterocycles. The van der Waals surface area contributed by atoms with E-state index in [4.69, 9.17) is 9.84 Å². The lowest BCUT2D eigenvalue weighted by Crippen LogP contribution is -1.99. The van der Waals surface area contributed by atoms with Crippen LogP contribution in [0, 0.1) is 5.92 Å². The molecule has 2 rings (SSSR count). The number of hydrogen-bond acceptors (Lipinski definition) is 2. The monoisotopic (exact) mass is 261 g/mol. The van der Waals surface area contributed by atoms with Gasteiger partial charge in [-0.15, -0.1) is 0 Å². The smallest absolute Gasteiger partial charge is 0.352 e. The fourth-order valence-corrected chi connectivity index (χ4v) is 2.04. The fraction of sp³-hybridized carbons (Fsp3) is 0.400. The highest BCUT2D eigenvalue weighted by molar-refractivity contribution is 5.96. The summed E-state index contributed by atoms with van der Waals surface area (Å²) in [6.45, 7) is 5.03. The maximum Gasteiger partial charge on any atom is 0.352 e. The molecule has 2 aromatic rings. The van der Waals surface area contributed by atoms with E-state index in [9.17, 15) is 4.79 Å². The van der Waals surface area contributed by atoms with Crippen LogP contribution in [0.2, 0.25) is 0 Å². The second-order valence-corrected chi connectivity index (χ2v) is 5.09. The molecule has 0 saturated heterocycles. The van der Waals surface area contributed by atoms with Crippen molar-refractivity contribution < 1.29 is 14.6 Å². The average molecular weight is 261 g/mol. The number of nitrogens with one attached hydrogen (secondary N) is 1. The highest BCUT2D eigenvalue weighted by Crippen LogP contribution is 2.26. The van der Waals surface area contributed by atoms with E-state index >= 15 is 0 Å². The third-order valence-corrected chi connectivity index (χ3v) is 3.04. The summed E-state index contributed by atoms with van der Waals surface area (Å²) >= 11 is 0. The summed E-state index contributed by atoms with van der Waals surface area (Å²) in [5.74, 6) is 0.456. The fourth-order valence-electron chi connectivity index (χ4n) is 2.04. The van der Waals surface area contributed by atoms with Crippen LogP contribution in [0.1, 0.15) is 37.2 Å². The summed E-state index contributed by atoms with van der Waals surface area (Å²) in [5.41, 5.74) is 0.979. The number of aromatic carboxylic acids is 1. The molecule has 0 bridgehead atoms. The normalized spacial score (nSPS) is 11.1. The Labute approximate surface area is 112 Å². The van der Waals surface area contributed by atoms with Crippen molar-refractivity contribution in [1.82, 2.24) is 4.98 Å². The van der Waals surface area contributed by atoms with E-state index < -0.39 is 5.97 Å². The molecule has 1 aromatic carbocycles. The number of aromatic nitrogens is 1. The minimum atomic E-state index is -0.957. The van der Waals surface area contributed by atoms with Crippen molar-refractivity contribution in [3.8, 4) is 5.75 Å². The zero-order valence-corrected chi connectivity index (χ0v) is 11.3. The van der Waals surface area contributed by atoms with Crippen molar-refractivity contribution in [1.29, 1.82) is 0 Å². The first-order valence-electron chi connectivity index (χ1n) is 6.55. The third-order valence-electron chi connectivity index (χ3n) is 3.04. The van der Waals surface area contributed by atoms with Gasteiger partial charge < -0.3 is 14.8 Å². The molecule has 102 valence electrons. The molecular weight excluding hydrogens is 242 g/mol. The average Bonchev–Trinajstić information content (AvgIpc) is 2.79. The second kappa shape index (κ2) is 5.78. The molecule has 4 heteroatoms. The van der Waals surface area contributed by atoms with Crippen LogP contribution in [-0.4, -0.2) is 22.7 Å². The molecule has 0 aliphatic carbocycles. The van der Waals surface area contributed by atoms with Crippen LogP contribution < -0.4 is 4.74 Å². The van der Waals surface area contributed by atoms with Gasteiger partial charge in [0.15, 0.2) is 0 Å². The lowest BCUT2D eigenvalue weighted by Gasteiger charge is -2.08. The van der Waals surface area contributed by atoms with Gasteiger partial charge in [0.1, 0.15) is 11.4 Å². The predicted octanol–water partition coefficient (Wildman–Crippen LogP) is 3.68. The number of carbonyl (C=O) groups is 1. The number of carboxylic acid groups (broad SMARTS) is 1. The first-order chi connectivity index (χ1) is 9.08. The summed E-state index contributed by atoms with van der Waals surface area (Å²) in [5, 5.41) is 9.80. The van der Waals surface area contributed by atoms with Gasteiger partial charge in [-0.3, -0.25) is 0 Å². The second-order valence-electron chi connectivity index (χ2n) is 5.09. The zero-order chi connectivity index (χ0) is 13.8. The molecule has 19 heavy (non-hydrogen) atoms. The Bertz CT molecular complexity index is 572. The number of H-pyrrole nitrogens is 1. The van der Waals surface area contributed by atoms with Crippen molar-refractivity contribution in [3.63, 3.8) is 0 Å². The van der Waals surface area contributed by atoms with Crippen molar-refractivity contribution in [2.75, 3.05) is 6.61 Å². The SMILES string of the molecule is CC(C)CCCOc1cccc2[nH]c(C(=O)O)cc12. The summed E-state index contributed by atoms with van der Waals surface area (Å²) in [7, 11) is 0. The molecule has 0 radical (unpaired) electrons. The number of rotatable bonds is 6. The number of carboxylic acids is 1. The van der Waals surface area contributed by atoms with Crippen molar-refractivity contribution in [2.45, 2.75) is 26.7 Å². The van der Waals surface area contributed by atoms with Crippen LogP contribution in [0.25, 0.3) is 10.9 Å². The van der Waals surface area contributed by atoms with Crippen LogP contribution in [0.4, 0.5) is 0 Å². The number of fused-ring (bicyclic) bond motifs is 1. The van der Waals surface area contributed by atoms with Crippen molar-refractivity contribution in [3.05, 3.63) is 30.0 Å². The lowest BCUT2D eigenvalue weighted by atomic mass is 10.1. The Morgan fingerprint density at radius 1 is 1.42 bits per heavy atom. The van der Waals surface area contributed by atoms with E-state index in [1.807, 2.05) is 18.2 Å². The summed E-state index contributed by atoms with van der Waals surface area (Å²) in [6, 6.07) is 7.21. The van der Waals surface area contributed by atoms with Crippen LogP contribution in [0.5, 0.6) is 5.75 Å². The van der Waals surface area contributed by atoms with Crippen LogP contribution >= 0.6 is 0 Å². The van der Waals surface area contributed by atoms with Gasteiger partial charge in [0.05, 0.1) is 6.61 Å². The minimum absolute atomic E-state index is 0.188. The van der Waals surface area contributed by atoms with Gasteiger partial charge in [0, 0.05) is 10.9 Å². The Morgan fingerprint density at radius 2 is 2.21 bits per heavy atom. The zero-order valence-electron chi connectivity index (χ0n) is 11.3. The number of hydrogen-bond donors (Lipinski definition) is 2. The lowest BCUT2D eigenvalue weighted by molar-refractivity contribution is 0.0691. The van der Waals surface area contributed by atoms with Crippen LogP contribution in [0.15, 0.2) is 24.3 Å². The number of aromatic amines is 1. The van der Waals surface area contributed by atoms with Gasteiger partial charge in [0.2, 0.25) is 0 Å². The van der Waals surface area contributed by atoms with Gasteiger partial charge in [-0.05, 0) is 37.0 Å². The molecule has 0 saturated carbocycles. The highest BCUT2D eigenvalue weighted by atomic mass is 16.5. The maximum absolute atomic E-state index is 10.9. The van der Waals surface area contributed by atoms with Gasteiger partial charge in [-0.1, -0.05) is 19.9 Å². The Balaban J connectivity index is 2.12. The molecule has 1 heterocycles. The van der Waals surface area contributed by atoms with Crippen LogP contribution in [-0.2, 0) is 0 Å². The predicted molar refractivity (Wildman–Crippen MR) is 74.8 cm³/mol. The van der Waals surface area contributed by atoms with Gasteiger partial charge in [0.25, 0.3) is 0 Å². The number of benzene rings is 1. The van der Waals surface area contributed by atoms with E-state index in [0.717, 1.165) is 29.5 Å². The largest absolute Gasteiger partial charge is 0.493 e. The topological polar surface area (TPSA) is 62.3 Å². The molecule has 0 fully saturated rings. The Morgan fingerprint density at radius 3 is 2.89 bits per heavy atom. The summed E-state index contributed by atoms with van der Waals surface area (Å²) in [6.07, 6.45) is 2.13. The van der Waals surface area contributed by atoms with Gasteiger partial charge >= 0.3 is 5.97 Å². The maximum atomic E-state index is 10.9. The first kappa shape index (κ1) is 13.5.